The predicted octanol–water partition coefficient (Wildman–Crippen LogP) is 3.22. The van der Waals surface area contributed by atoms with Gasteiger partial charge in [0.1, 0.15) is 0 Å². The minimum absolute atomic E-state index is 0.0862. The van der Waals surface area contributed by atoms with Gasteiger partial charge in [0.05, 0.1) is 17.4 Å². The summed E-state index contributed by atoms with van der Waals surface area (Å²) in [6.07, 6.45) is 2.77. The summed E-state index contributed by atoms with van der Waals surface area (Å²) in [5, 5.41) is 0. The summed E-state index contributed by atoms with van der Waals surface area (Å²) in [6.45, 7) is 5.06. The maximum absolute atomic E-state index is 6.36. The first kappa shape index (κ1) is 13.8. The summed E-state index contributed by atoms with van der Waals surface area (Å²) in [5.74, 6) is 0. The van der Waals surface area contributed by atoms with E-state index >= 15 is 0 Å². The number of aryl methyl sites for hydroxylation is 2. The van der Waals surface area contributed by atoms with Crippen molar-refractivity contribution in [1.82, 2.24) is 9.55 Å². The summed E-state index contributed by atoms with van der Waals surface area (Å²) in [6, 6.07) is 14.8. The number of rotatable bonds is 4. The van der Waals surface area contributed by atoms with Crippen LogP contribution >= 0.6 is 0 Å². The standard InChI is InChI=1S/C18H21N3/c1-13-7-8-14(2)15(9-13)10-16(19)11-21-12-20-17-5-3-4-6-18(17)21/h3-9,12,16H,10-11,19H2,1-2H3. The van der Waals surface area contributed by atoms with E-state index in [0.717, 1.165) is 24.0 Å². The van der Waals surface area contributed by atoms with E-state index in [1.54, 1.807) is 0 Å². The van der Waals surface area contributed by atoms with Gasteiger partial charge in [-0.2, -0.15) is 0 Å². The molecule has 0 saturated carbocycles. The molecule has 1 heterocycles. The second-order valence-corrected chi connectivity index (χ2v) is 5.78. The van der Waals surface area contributed by atoms with Crippen LogP contribution in [0, 0.1) is 13.8 Å². The first-order chi connectivity index (χ1) is 10.1. The Bertz CT molecular complexity index is 758. The van der Waals surface area contributed by atoms with Gasteiger partial charge < -0.3 is 10.3 Å². The van der Waals surface area contributed by atoms with Gasteiger partial charge in [0.2, 0.25) is 0 Å². The molecule has 0 radical (unpaired) electrons. The molecule has 3 rings (SSSR count). The van der Waals surface area contributed by atoms with Gasteiger partial charge in [0.25, 0.3) is 0 Å². The molecule has 1 atom stereocenters. The third-order valence-electron chi connectivity index (χ3n) is 3.95. The number of para-hydroxylation sites is 2. The second kappa shape index (κ2) is 5.70. The van der Waals surface area contributed by atoms with E-state index < -0.39 is 0 Å². The molecule has 0 saturated heterocycles. The SMILES string of the molecule is Cc1ccc(C)c(CC(N)Cn2cnc3ccccc32)c1. The number of nitrogens with zero attached hydrogens (tertiary/aromatic N) is 2. The Morgan fingerprint density at radius 1 is 1.14 bits per heavy atom. The quantitative estimate of drug-likeness (QED) is 0.797. The molecule has 0 amide bonds. The molecule has 0 fully saturated rings. The summed E-state index contributed by atoms with van der Waals surface area (Å²) in [4.78, 5) is 4.42. The minimum atomic E-state index is 0.0862. The number of imidazole rings is 1. The van der Waals surface area contributed by atoms with Crippen LogP contribution in [-0.2, 0) is 13.0 Å². The lowest BCUT2D eigenvalue weighted by Crippen LogP contribution is -2.28. The Morgan fingerprint density at radius 3 is 2.81 bits per heavy atom. The summed E-state index contributed by atoms with van der Waals surface area (Å²) < 4.78 is 2.14. The van der Waals surface area contributed by atoms with Crippen molar-refractivity contribution >= 4 is 11.0 Å². The number of aromatic nitrogens is 2. The normalized spacial score (nSPS) is 12.7. The molecule has 0 spiro atoms. The molecule has 2 N–H and O–H groups in total. The Labute approximate surface area is 125 Å². The van der Waals surface area contributed by atoms with Gasteiger partial charge >= 0.3 is 0 Å². The number of hydrogen-bond acceptors (Lipinski definition) is 2. The highest BCUT2D eigenvalue weighted by atomic mass is 15.1. The molecule has 3 heteroatoms. The number of nitrogens with two attached hydrogens (primary N) is 1. The molecule has 0 aliphatic carbocycles. The van der Waals surface area contributed by atoms with Gasteiger partial charge in [0, 0.05) is 12.6 Å². The van der Waals surface area contributed by atoms with Crippen LogP contribution < -0.4 is 5.73 Å². The summed E-state index contributed by atoms with van der Waals surface area (Å²) >= 11 is 0. The van der Waals surface area contributed by atoms with Crippen LogP contribution in [0.2, 0.25) is 0 Å². The Morgan fingerprint density at radius 2 is 1.95 bits per heavy atom. The van der Waals surface area contributed by atoms with Crippen LogP contribution in [0.4, 0.5) is 0 Å². The van der Waals surface area contributed by atoms with Crippen LogP contribution in [0.5, 0.6) is 0 Å². The third-order valence-corrected chi connectivity index (χ3v) is 3.95. The zero-order valence-electron chi connectivity index (χ0n) is 12.6. The summed E-state index contributed by atoms with van der Waals surface area (Å²) in [7, 11) is 0. The Kier molecular flexibility index (Phi) is 3.76. The van der Waals surface area contributed by atoms with E-state index in [1.165, 1.54) is 16.7 Å². The highest BCUT2D eigenvalue weighted by molar-refractivity contribution is 5.74. The average molecular weight is 279 g/mol. The fourth-order valence-corrected chi connectivity index (χ4v) is 2.78. The van der Waals surface area contributed by atoms with Gasteiger partial charge in [-0.05, 0) is 43.5 Å². The molecule has 108 valence electrons. The summed E-state index contributed by atoms with van der Waals surface area (Å²) in [5.41, 5.74) is 12.5. The molecular weight excluding hydrogens is 258 g/mol. The van der Waals surface area contributed by atoms with Crippen LogP contribution in [0.1, 0.15) is 16.7 Å². The Hall–Kier alpha value is -2.13. The maximum Gasteiger partial charge on any atom is 0.0958 e. The highest BCUT2D eigenvalue weighted by Crippen LogP contribution is 2.15. The zero-order valence-corrected chi connectivity index (χ0v) is 12.6. The molecule has 0 aliphatic rings. The minimum Gasteiger partial charge on any atom is -0.329 e. The highest BCUT2D eigenvalue weighted by Gasteiger charge is 2.09. The lowest BCUT2D eigenvalue weighted by molar-refractivity contribution is 0.558. The van der Waals surface area contributed by atoms with E-state index in [-0.39, 0.29) is 6.04 Å². The van der Waals surface area contributed by atoms with Crippen molar-refractivity contribution in [1.29, 1.82) is 0 Å². The van der Waals surface area contributed by atoms with Crippen molar-refractivity contribution in [2.24, 2.45) is 5.73 Å². The monoisotopic (exact) mass is 279 g/mol. The van der Waals surface area contributed by atoms with Gasteiger partial charge in [-0.3, -0.25) is 0 Å². The van der Waals surface area contributed by atoms with E-state index in [0.29, 0.717) is 0 Å². The van der Waals surface area contributed by atoms with E-state index in [9.17, 15) is 0 Å². The lowest BCUT2D eigenvalue weighted by Gasteiger charge is -2.15. The van der Waals surface area contributed by atoms with Gasteiger partial charge in [-0.25, -0.2) is 4.98 Å². The van der Waals surface area contributed by atoms with Crippen LogP contribution in [0.25, 0.3) is 11.0 Å². The predicted molar refractivity (Wildman–Crippen MR) is 87.3 cm³/mol. The molecule has 0 bridgehead atoms. The van der Waals surface area contributed by atoms with E-state index in [1.807, 2.05) is 24.5 Å². The van der Waals surface area contributed by atoms with Crippen molar-refractivity contribution in [3.8, 4) is 0 Å². The van der Waals surface area contributed by atoms with E-state index in [2.05, 4.69) is 47.7 Å². The van der Waals surface area contributed by atoms with Crippen molar-refractivity contribution in [3.05, 3.63) is 65.5 Å². The van der Waals surface area contributed by atoms with Gasteiger partial charge in [-0.1, -0.05) is 35.9 Å². The van der Waals surface area contributed by atoms with Crippen molar-refractivity contribution in [3.63, 3.8) is 0 Å². The molecule has 2 aromatic carbocycles. The largest absolute Gasteiger partial charge is 0.329 e. The molecule has 3 nitrogen and oxygen atoms in total. The number of fused-ring (bicyclic) bond motifs is 1. The van der Waals surface area contributed by atoms with Crippen molar-refractivity contribution in [2.75, 3.05) is 0 Å². The average Bonchev–Trinajstić information content (AvgIpc) is 2.86. The number of hydrogen-bond donors (Lipinski definition) is 1. The van der Waals surface area contributed by atoms with Crippen molar-refractivity contribution in [2.45, 2.75) is 32.9 Å². The third kappa shape index (κ3) is 2.98. The smallest absolute Gasteiger partial charge is 0.0958 e. The fraction of sp³-hybridized carbons (Fsp3) is 0.278. The second-order valence-electron chi connectivity index (χ2n) is 5.78. The zero-order chi connectivity index (χ0) is 14.8. The molecule has 1 aromatic heterocycles. The topological polar surface area (TPSA) is 43.8 Å². The molecule has 1 unspecified atom stereocenters. The van der Waals surface area contributed by atoms with Crippen LogP contribution in [0.15, 0.2) is 48.8 Å². The van der Waals surface area contributed by atoms with Gasteiger partial charge in [0.15, 0.2) is 0 Å². The van der Waals surface area contributed by atoms with Crippen LogP contribution in [0.3, 0.4) is 0 Å². The maximum atomic E-state index is 6.36. The first-order valence-corrected chi connectivity index (χ1v) is 7.35. The van der Waals surface area contributed by atoms with E-state index in [4.69, 9.17) is 5.73 Å². The first-order valence-electron chi connectivity index (χ1n) is 7.35. The molecule has 0 aliphatic heterocycles. The lowest BCUT2D eigenvalue weighted by atomic mass is 9.99. The van der Waals surface area contributed by atoms with Gasteiger partial charge in [-0.15, -0.1) is 0 Å². The molecule has 3 aromatic rings. The van der Waals surface area contributed by atoms with Crippen LogP contribution in [-0.4, -0.2) is 15.6 Å². The fourth-order valence-electron chi connectivity index (χ4n) is 2.78. The Balaban J connectivity index is 1.77. The molecular formula is C18H21N3. The molecule has 21 heavy (non-hydrogen) atoms. The van der Waals surface area contributed by atoms with Crippen molar-refractivity contribution < 1.29 is 0 Å². The number of benzene rings is 2.